The first-order valence-corrected chi connectivity index (χ1v) is 10.9. The van der Waals surface area contributed by atoms with Crippen LogP contribution >= 0.6 is 0 Å². The van der Waals surface area contributed by atoms with Gasteiger partial charge in [-0.05, 0) is 44.5 Å². The van der Waals surface area contributed by atoms with Crippen LogP contribution in [0.2, 0.25) is 0 Å². The number of benzene rings is 2. The summed E-state index contributed by atoms with van der Waals surface area (Å²) >= 11 is 0. The number of hydrogen-bond acceptors (Lipinski definition) is 6. The number of anilines is 3. The highest BCUT2D eigenvalue weighted by molar-refractivity contribution is 5.78. The molecule has 7 heteroatoms. The van der Waals surface area contributed by atoms with E-state index < -0.39 is 0 Å². The van der Waals surface area contributed by atoms with Crippen molar-refractivity contribution in [2.45, 2.75) is 20.8 Å². The van der Waals surface area contributed by atoms with Crippen molar-refractivity contribution in [1.82, 2.24) is 14.9 Å². The summed E-state index contributed by atoms with van der Waals surface area (Å²) in [6, 6.07) is 17.9. The molecule has 1 N–H and O–H groups in total. The summed E-state index contributed by atoms with van der Waals surface area (Å²) in [5.74, 6) is 3.11. The standard InChI is InChI=1S/C25H29N5O2/c1-18-8-10-21(11-9-18)28-23-16-24(27-20(3)26-23)29-12-14-30(15-13-29)25(31)17-32-22-7-5-4-6-19(22)2/h4-11,16H,12-15,17H2,1-3H3,(H,26,27,28). The number of amides is 1. The molecule has 0 spiro atoms. The van der Waals surface area contributed by atoms with Crippen LogP contribution in [0, 0.1) is 20.8 Å². The minimum atomic E-state index is 0.00787. The lowest BCUT2D eigenvalue weighted by atomic mass is 10.2. The average molecular weight is 432 g/mol. The Morgan fingerprint density at radius 3 is 2.41 bits per heavy atom. The van der Waals surface area contributed by atoms with Gasteiger partial charge in [0.15, 0.2) is 6.61 Å². The van der Waals surface area contributed by atoms with Gasteiger partial charge in [-0.15, -0.1) is 0 Å². The molecule has 4 rings (SSSR count). The number of carbonyl (C=O) groups excluding carboxylic acids is 1. The van der Waals surface area contributed by atoms with Gasteiger partial charge in [0, 0.05) is 37.9 Å². The van der Waals surface area contributed by atoms with Crippen LogP contribution in [0.25, 0.3) is 0 Å². The number of nitrogens with zero attached hydrogens (tertiary/aromatic N) is 4. The number of para-hydroxylation sites is 1. The maximum Gasteiger partial charge on any atom is 0.260 e. The van der Waals surface area contributed by atoms with E-state index in [2.05, 4.69) is 39.2 Å². The Hall–Kier alpha value is -3.61. The zero-order valence-electron chi connectivity index (χ0n) is 18.8. The summed E-state index contributed by atoms with van der Waals surface area (Å²) in [6.45, 7) is 8.71. The zero-order chi connectivity index (χ0) is 22.5. The van der Waals surface area contributed by atoms with Gasteiger partial charge in [-0.2, -0.15) is 0 Å². The molecule has 1 aliphatic rings. The van der Waals surface area contributed by atoms with Gasteiger partial charge in [-0.25, -0.2) is 9.97 Å². The third-order valence-corrected chi connectivity index (χ3v) is 5.55. The molecule has 2 aromatic carbocycles. The van der Waals surface area contributed by atoms with Crippen LogP contribution < -0.4 is 15.0 Å². The first-order valence-electron chi connectivity index (χ1n) is 10.9. The van der Waals surface area contributed by atoms with Crippen molar-refractivity contribution in [3.8, 4) is 5.75 Å². The lowest BCUT2D eigenvalue weighted by molar-refractivity contribution is -0.133. The van der Waals surface area contributed by atoms with E-state index in [1.165, 1.54) is 5.56 Å². The fourth-order valence-corrected chi connectivity index (χ4v) is 3.70. The van der Waals surface area contributed by atoms with E-state index >= 15 is 0 Å². The number of aromatic nitrogens is 2. The first kappa shape index (κ1) is 21.6. The van der Waals surface area contributed by atoms with E-state index in [1.54, 1.807) is 0 Å². The highest BCUT2D eigenvalue weighted by atomic mass is 16.5. The molecule has 0 bridgehead atoms. The van der Waals surface area contributed by atoms with Crippen LogP contribution in [-0.4, -0.2) is 53.6 Å². The highest BCUT2D eigenvalue weighted by Gasteiger charge is 2.23. The summed E-state index contributed by atoms with van der Waals surface area (Å²) in [7, 11) is 0. The summed E-state index contributed by atoms with van der Waals surface area (Å²) in [6.07, 6.45) is 0. The number of aryl methyl sites for hydroxylation is 3. The number of carbonyl (C=O) groups is 1. The Labute approximate surface area is 189 Å². The molecule has 1 saturated heterocycles. The van der Waals surface area contributed by atoms with Gasteiger partial charge in [0.1, 0.15) is 23.2 Å². The van der Waals surface area contributed by atoms with Crippen LogP contribution in [0.5, 0.6) is 5.75 Å². The van der Waals surface area contributed by atoms with E-state index in [0.29, 0.717) is 18.9 Å². The maximum absolute atomic E-state index is 12.6. The smallest absolute Gasteiger partial charge is 0.260 e. The molecule has 166 valence electrons. The Balaban J connectivity index is 1.34. The van der Waals surface area contributed by atoms with Gasteiger partial charge in [0.25, 0.3) is 5.91 Å². The van der Waals surface area contributed by atoms with Crippen molar-refractivity contribution in [2.75, 3.05) is 43.0 Å². The number of hydrogen-bond donors (Lipinski definition) is 1. The minimum Gasteiger partial charge on any atom is -0.484 e. The maximum atomic E-state index is 12.6. The number of rotatable bonds is 6. The molecule has 3 aromatic rings. The minimum absolute atomic E-state index is 0.00787. The predicted octanol–water partition coefficient (Wildman–Crippen LogP) is 3.87. The molecular weight excluding hydrogens is 402 g/mol. The third-order valence-electron chi connectivity index (χ3n) is 5.55. The molecule has 2 heterocycles. The van der Waals surface area contributed by atoms with Crippen LogP contribution in [0.4, 0.5) is 17.3 Å². The van der Waals surface area contributed by atoms with E-state index in [-0.39, 0.29) is 12.5 Å². The third kappa shape index (κ3) is 5.35. The normalized spacial score (nSPS) is 13.7. The molecule has 0 atom stereocenters. The van der Waals surface area contributed by atoms with E-state index in [0.717, 1.165) is 41.7 Å². The Morgan fingerprint density at radius 2 is 1.69 bits per heavy atom. The molecule has 1 amide bonds. The molecule has 1 aliphatic heterocycles. The Kier molecular flexibility index (Phi) is 6.54. The van der Waals surface area contributed by atoms with Crippen LogP contribution in [0.1, 0.15) is 17.0 Å². The van der Waals surface area contributed by atoms with Crippen molar-refractivity contribution in [3.05, 3.63) is 71.5 Å². The predicted molar refractivity (Wildman–Crippen MR) is 127 cm³/mol. The van der Waals surface area contributed by atoms with Crippen molar-refractivity contribution in [2.24, 2.45) is 0 Å². The van der Waals surface area contributed by atoms with Crippen LogP contribution in [0.15, 0.2) is 54.6 Å². The fraction of sp³-hybridized carbons (Fsp3) is 0.320. The average Bonchev–Trinajstić information content (AvgIpc) is 2.79. The largest absolute Gasteiger partial charge is 0.484 e. The SMILES string of the molecule is Cc1ccc(Nc2cc(N3CCN(C(=O)COc4ccccc4C)CC3)nc(C)n2)cc1. The molecule has 0 radical (unpaired) electrons. The van der Waals surface area contributed by atoms with E-state index in [9.17, 15) is 4.79 Å². The molecule has 0 unspecified atom stereocenters. The van der Waals surface area contributed by atoms with Gasteiger partial charge in [0.2, 0.25) is 0 Å². The molecule has 32 heavy (non-hydrogen) atoms. The zero-order valence-corrected chi connectivity index (χ0v) is 18.8. The van der Waals surface area contributed by atoms with Crippen molar-refractivity contribution in [1.29, 1.82) is 0 Å². The summed E-state index contributed by atoms with van der Waals surface area (Å²) < 4.78 is 5.72. The monoisotopic (exact) mass is 431 g/mol. The molecular formula is C25H29N5O2. The van der Waals surface area contributed by atoms with Crippen molar-refractivity contribution in [3.63, 3.8) is 0 Å². The molecule has 1 aromatic heterocycles. The number of piperazine rings is 1. The number of nitrogens with one attached hydrogen (secondary N) is 1. The molecule has 7 nitrogen and oxygen atoms in total. The Bertz CT molecular complexity index is 1080. The summed E-state index contributed by atoms with van der Waals surface area (Å²) in [5.41, 5.74) is 3.23. The van der Waals surface area contributed by atoms with Crippen LogP contribution in [-0.2, 0) is 4.79 Å². The van der Waals surface area contributed by atoms with Gasteiger partial charge in [-0.3, -0.25) is 4.79 Å². The lowest BCUT2D eigenvalue weighted by Gasteiger charge is -2.35. The summed E-state index contributed by atoms with van der Waals surface area (Å²) in [5, 5.41) is 3.36. The van der Waals surface area contributed by atoms with Gasteiger partial charge < -0.3 is 19.9 Å². The highest BCUT2D eigenvalue weighted by Crippen LogP contribution is 2.22. The second-order valence-electron chi connectivity index (χ2n) is 8.07. The topological polar surface area (TPSA) is 70.6 Å². The molecule has 1 fully saturated rings. The fourth-order valence-electron chi connectivity index (χ4n) is 3.70. The van der Waals surface area contributed by atoms with Crippen molar-refractivity contribution >= 4 is 23.2 Å². The quantitative estimate of drug-likeness (QED) is 0.639. The van der Waals surface area contributed by atoms with Crippen molar-refractivity contribution < 1.29 is 9.53 Å². The first-order chi connectivity index (χ1) is 15.5. The second kappa shape index (κ2) is 9.68. The van der Waals surface area contributed by atoms with Gasteiger partial charge in [0.05, 0.1) is 0 Å². The second-order valence-corrected chi connectivity index (χ2v) is 8.07. The van der Waals surface area contributed by atoms with E-state index in [4.69, 9.17) is 4.74 Å². The molecule has 0 saturated carbocycles. The molecule has 0 aliphatic carbocycles. The van der Waals surface area contributed by atoms with Gasteiger partial charge in [-0.1, -0.05) is 35.9 Å². The Morgan fingerprint density at radius 1 is 0.969 bits per heavy atom. The summed E-state index contributed by atoms with van der Waals surface area (Å²) in [4.78, 5) is 25.8. The van der Waals surface area contributed by atoms with E-state index in [1.807, 2.05) is 61.2 Å². The number of ether oxygens (including phenoxy) is 1. The van der Waals surface area contributed by atoms with Gasteiger partial charge >= 0.3 is 0 Å². The lowest BCUT2D eigenvalue weighted by Crippen LogP contribution is -2.50. The van der Waals surface area contributed by atoms with Crippen LogP contribution in [0.3, 0.4) is 0 Å².